The van der Waals surface area contributed by atoms with Crippen LogP contribution < -0.4 is 15.7 Å². The van der Waals surface area contributed by atoms with Gasteiger partial charge in [0.15, 0.2) is 0 Å². The Balaban J connectivity index is 1.51. The molecular weight excluding hydrogens is 467 g/mol. The second-order valence-corrected chi connectivity index (χ2v) is 8.43. The Morgan fingerprint density at radius 1 is 1.00 bits per heavy atom. The molecule has 34 heavy (non-hydrogen) atoms. The van der Waals surface area contributed by atoms with E-state index in [0.717, 1.165) is 33.5 Å². The van der Waals surface area contributed by atoms with E-state index in [2.05, 4.69) is 10.1 Å². The Labute approximate surface area is 193 Å². The van der Waals surface area contributed by atoms with E-state index < -0.39 is 22.9 Å². The summed E-state index contributed by atoms with van der Waals surface area (Å²) in [6, 6.07) is 17.1. The zero-order valence-corrected chi connectivity index (χ0v) is 18.1. The molecule has 5 rings (SSSR count). The molecule has 0 aliphatic rings. The van der Waals surface area contributed by atoms with Gasteiger partial charge in [0, 0.05) is 18.1 Å². The van der Waals surface area contributed by atoms with Gasteiger partial charge in [-0.15, -0.1) is 0 Å². The quantitative estimate of drug-likeness (QED) is 0.389. The van der Waals surface area contributed by atoms with Gasteiger partial charge in [-0.2, -0.15) is 27.8 Å². The number of hydrogen-bond acceptors (Lipinski definition) is 6. The first-order valence-corrected chi connectivity index (χ1v) is 10.9. The molecule has 0 spiro atoms. The Hall–Kier alpha value is -4.05. The lowest BCUT2D eigenvalue weighted by atomic mass is 10.1. The van der Waals surface area contributed by atoms with Crippen molar-refractivity contribution in [3.8, 4) is 11.3 Å². The fourth-order valence-corrected chi connectivity index (χ4v) is 4.29. The van der Waals surface area contributed by atoms with Crippen LogP contribution in [0.5, 0.6) is 0 Å². The molecule has 3 aromatic heterocycles. The van der Waals surface area contributed by atoms with Gasteiger partial charge in [-0.05, 0) is 29.8 Å². The average Bonchev–Trinajstić information content (AvgIpc) is 3.39. The number of nitrogens with zero attached hydrogens (tertiary/aromatic N) is 3. The van der Waals surface area contributed by atoms with Crippen LogP contribution in [-0.2, 0) is 12.6 Å². The Morgan fingerprint density at radius 2 is 1.79 bits per heavy atom. The predicted molar refractivity (Wildman–Crippen MR) is 121 cm³/mol. The molecule has 170 valence electrons. The van der Waals surface area contributed by atoms with E-state index in [1.807, 2.05) is 30.3 Å². The topological polar surface area (TPSA) is 77.5 Å². The number of rotatable bonds is 4. The van der Waals surface area contributed by atoms with Gasteiger partial charge in [0.05, 0.1) is 5.56 Å². The van der Waals surface area contributed by atoms with Crippen LogP contribution in [0.2, 0.25) is 0 Å². The average molecular weight is 481 g/mol. The fourth-order valence-electron chi connectivity index (χ4n) is 3.40. The molecule has 3 heterocycles. The van der Waals surface area contributed by atoms with Crippen molar-refractivity contribution < 1.29 is 17.6 Å². The minimum absolute atomic E-state index is 0.141. The van der Waals surface area contributed by atoms with Crippen molar-refractivity contribution in [2.45, 2.75) is 12.6 Å². The van der Waals surface area contributed by atoms with Gasteiger partial charge in [0.1, 0.15) is 21.7 Å². The number of halogens is 3. The molecular formula is C24H14F3N3O3S. The van der Waals surface area contributed by atoms with E-state index in [-0.39, 0.29) is 38.7 Å². The number of thiazole rings is 1. The van der Waals surface area contributed by atoms with E-state index in [9.17, 15) is 22.8 Å². The standard InChI is InChI=1S/C24H14F3N3O3S/c25-24(26,27)16-8-4-7-15(12-16)19-10-9-17(33-19)13-20-22(32)30-23(34-20)28-21(31)18(29-30)11-14-5-2-1-3-6-14/h1-10,12-13H,11H2/b20-13-. The van der Waals surface area contributed by atoms with E-state index in [1.54, 1.807) is 6.07 Å². The molecule has 0 aliphatic carbocycles. The fraction of sp³-hybridized carbons (Fsp3) is 0.0833. The van der Waals surface area contributed by atoms with Gasteiger partial charge in [0.2, 0.25) is 4.96 Å². The summed E-state index contributed by atoms with van der Waals surface area (Å²) in [6.45, 7) is 0. The summed E-state index contributed by atoms with van der Waals surface area (Å²) in [5, 5.41) is 4.20. The summed E-state index contributed by atoms with van der Waals surface area (Å²) in [7, 11) is 0. The van der Waals surface area contributed by atoms with Crippen molar-refractivity contribution in [1.82, 2.24) is 14.6 Å². The minimum atomic E-state index is -4.47. The number of benzene rings is 2. The van der Waals surface area contributed by atoms with Crippen molar-refractivity contribution in [3.05, 3.63) is 115 Å². The van der Waals surface area contributed by atoms with E-state index in [4.69, 9.17) is 4.42 Å². The van der Waals surface area contributed by atoms with Crippen molar-refractivity contribution >= 4 is 22.4 Å². The molecule has 0 amide bonds. The molecule has 0 bridgehead atoms. The van der Waals surface area contributed by atoms with E-state index >= 15 is 0 Å². The zero-order valence-electron chi connectivity index (χ0n) is 17.2. The molecule has 0 radical (unpaired) electrons. The van der Waals surface area contributed by atoms with Crippen LogP contribution in [0.1, 0.15) is 22.6 Å². The van der Waals surface area contributed by atoms with Gasteiger partial charge < -0.3 is 4.42 Å². The summed E-state index contributed by atoms with van der Waals surface area (Å²) in [5.74, 6) is 0.491. The summed E-state index contributed by atoms with van der Waals surface area (Å²) in [5.41, 5.74) is -0.504. The highest BCUT2D eigenvalue weighted by atomic mass is 32.1. The molecule has 10 heteroatoms. The lowest BCUT2D eigenvalue weighted by Crippen LogP contribution is -2.28. The molecule has 0 unspecified atom stereocenters. The SMILES string of the molecule is O=c1nc2s/c(=C\c3ccc(-c4cccc(C(F)(F)F)c4)o3)c(=O)n2nc1Cc1ccccc1. The Morgan fingerprint density at radius 3 is 2.56 bits per heavy atom. The molecule has 0 aliphatic heterocycles. The van der Waals surface area contributed by atoms with Crippen molar-refractivity contribution in [2.75, 3.05) is 0 Å². The lowest BCUT2D eigenvalue weighted by Gasteiger charge is -2.07. The highest BCUT2D eigenvalue weighted by molar-refractivity contribution is 7.15. The molecule has 0 N–H and O–H groups in total. The maximum atomic E-state index is 13.0. The van der Waals surface area contributed by atoms with E-state index in [1.165, 1.54) is 24.3 Å². The largest absolute Gasteiger partial charge is 0.457 e. The first-order valence-electron chi connectivity index (χ1n) is 10.0. The monoisotopic (exact) mass is 481 g/mol. The predicted octanol–water partition coefficient (Wildman–Crippen LogP) is 3.93. The molecule has 2 aromatic carbocycles. The first-order chi connectivity index (χ1) is 16.3. The normalized spacial score (nSPS) is 12.5. The smallest absolute Gasteiger partial charge is 0.416 e. The number of hydrogen-bond donors (Lipinski definition) is 0. The Kier molecular flexibility index (Phi) is 5.37. The molecule has 0 fully saturated rings. The maximum Gasteiger partial charge on any atom is 0.416 e. The summed E-state index contributed by atoms with van der Waals surface area (Å²) < 4.78 is 45.9. The van der Waals surface area contributed by atoms with Crippen LogP contribution in [0.15, 0.2) is 80.7 Å². The van der Waals surface area contributed by atoms with Crippen molar-refractivity contribution in [1.29, 1.82) is 0 Å². The van der Waals surface area contributed by atoms with Crippen LogP contribution in [0.4, 0.5) is 13.2 Å². The molecule has 0 saturated heterocycles. The highest BCUT2D eigenvalue weighted by Gasteiger charge is 2.30. The van der Waals surface area contributed by atoms with Crippen LogP contribution in [0, 0.1) is 0 Å². The third-order valence-corrected chi connectivity index (χ3v) is 6.00. The molecule has 0 atom stereocenters. The van der Waals surface area contributed by atoms with Crippen molar-refractivity contribution in [3.63, 3.8) is 0 Å². The van der Waals surface area contributed by atoms with Gasteiger partial charge in [0.25, 0.3) is 11.1 Å². The lowest BCUT2D eigenvalue weighted by molar-refractivity contribution is -0.137. The minimum Gasteiger partial charge on any atom is -0.457 e. The highest BCUT2D eigenvalue weighted by Crippen LogP contribution is 2.32. The maximum absolute atomic E-state index is 13.0. The molecule has 0 saturated carbocycles. The summed E-state index contributed by atoms with van der Waals surface area (Å²) in [6.07, 6.45) is -2.78. The number of alkyl halides is 3. The van der Waals surface area contributed by atoms with Crippen molar-refractivity contribution in [2.24, 2.45) is 0 Å². The van der Waals surface area contributed by atoms with Gasteiger partial charge >= 0.3 is 6.18 Å². The second kappa shape index (κ2) is 8.38. The van der Waals surface area contributed by atoms with Crippen LogP contribution in [-0.4, -0.2) is 14.6 Å². The van der Waals surface area contributed by atoms with Gasteiger partial charge in [-0.25, -0.2) is 0 Å². The second-order valence-electron chi connectivity index (χ2n) is 7.42. The molecule has 5 aromatic rings. The summed E-state index contributed by atoms with van der Waals surface area (Å²) >= 11 is 0.971. The molecule has 6 nitrogen and oxygen atoms in total. The van der Waals surface area contributed by atoms with Crippen LogP contribution in [0.3, 0.4) is 0 Å². The number of aromatic nitrogens is 3. The first kappa shape index (κ1) is 21.8. The van der Waals surface area contributed by atoms with Gasteiger partial charge in [-0.3, -0.25) is 9.59 Å². The third kappa shape index (κ3) is 4.27. The van der Waals surface area contributed by atoms with Crippen LogP contribution in [0.25, 0.3) is 22.4 Å². The van der Waals surface area contributed by atoms with E-state index in [0.29, 0.717) is 0 Å². The Bertz CT molecular complexity index is 1670. The van der Waals surface area contributed by atoms with Gasteiger partial charge in [-0.1, -0.05) is 53.8 Å². The number of fused-ring (bicyclic) bond motifs is 1. The third-order valence-electron chi connectivity index (χ3n) is 5.04. The number of furan rings is 1. The zero-order chi connectivity index (χ0) is 23.9. The summed E-state index contributed by atoms with van der Waals surface area (Å²) in [4.78, 5) is 29.4. The van der Waals surface area contributed by atoms with Crippen LogP contribution >= 0.6 is 11.3 Å².